The minimum absolute atomic E-state index is 0.00104. The summed E-state index contributed by atoms with van der Waals surface area (Å²) in [6.07, 6.45) is 3.70. The second-order valence-corrected chi connectivity index (χ2v) is 5.14. The zero-order valence-electron chi connectivity index (χ0n) is 9.65. The van der Waals surface area contributed by atoms with E-state index in [4.69, 9.17) is 11.6 Å². The minimum atomic E-state index is 0.00104. The molecule has 0 fully saturated rings. The summed E-state index contributed by atoms with van der Waals surface area (Å²) < 4.78 is 0. The van der Waals surface area contributed by atoms with E-state index in [0.29, 0.717) is 17.3 Å². The van der Waals surface area contributed by atoms with Crippen LogP contribution in [0.3, 0.4) is 0 Å². The molecule has 18 heavy (non-hydrogen) atoms. The van der Waals surface area contributed by atoms with Crippen molar-refractivity contribution >= 4 is 29.3 Å². The molecule has 1 aromatic heterocycles. The maximum absolute atomic E-state index is 11.6. The number of hydrogen-bond acceptors (Lipinski definition) is 2. The third kappa shape index (κ3) is 3.82. The lowest BCUT2D eigenvalue weighted by Crippen LogP contribution is -2.24. The van der Waals surface area contributed by atoms with Crippen molar-refractivity contribution in [2.75, 3.05) is 5.75 Å². The first-order valence-corrected chi connectivity index (χ1v) is 6.88. The zero-order chi connectivity index (χ0) is 12.8. The Hall–Kier alpha value is -1.39. The molecule has 0 atom stereocenters. The molecule has 1 aromatic carbocycles. The number of aromatic amines is 1. The van der Waals surface area contributed by atoms with E-state index in [2.05, 4.69) is 10.3 Å². The summed E-state index contributed by atoms with van der Waals surface area (Å²) in [6, 6.07) is 9.44. The van der Waals surface area contributed by atoms with Gasteiger partial charge in [0.2, 0.25) is 5.91 Å². The molecule has 0 radical (unpaired) electrons. The van der Waals surface area contributed by atoms with Crippen molar-refractivity contribution in [1.82, 2.24) is 10.3 Å². The molecular formula is C13H13ClN2OS. The van der Waals surface area contributed by atoms with Crippen LogP contribution in [-0.2, 0) is 11.3 Å². The van der Waals surface area contributed by atoms with Gasteiger partial charge in [0.1, 0.15) is 0 Å². The number of nitrogens with one attached hydrogen (secondary N) is 2. The predicted molar refractivity (Wildman–Crippen MR) is 74.8 cm³/mol. The predicted octanol–water partition coefficient (Wildman–Crippen LogP) is 3.08. The van der Waals surface area contributed by atoms with Crippen molar-refractivity contribution in [2.45, 2.75) is 11.4 Å². The molecule has 2 aromatic rings. The van der Waals surface area contributed by atoms with E-state index in [1.165, 1.54) is 11.8 Å². The molecule has 0 saturated heterocycles. The van der Waals surface area contributed by atoms with Crippen LogP contribution in [0, 0.1) is 0 Å². The van der Waals surface area contributed by atoms with Crippen LogP contribution in [0.15, 0.2) is 47.6 Å². The van der Waals surface area contributed by atoms with E-state index in [0.717, 1.165) is 10.5 Å². The molecule has 0 saturated carbocycles. The fraction of sp³-hybridized carbons (Fsp3) is 0.154. The van der Waals surface area contributed by atoms with Crippen molar-refractivity contribution < 1.29 is 4.79 Å². The lowest BCUT2D eigenvalue weighted by atomic mass is 10.3. The van der Waals surface area contributed by atoms with Gasteiger partial charge in [0.15, 0.2) is 0 Å². The Morgan fingerprint density at radius 1 is 1.33 bits per heavy atom. The number of aromatic nitrogens is 1. The van der Waals surface area contributed by atoms with Gasteiger partial charge in [-0.15, -0.1) is 11.8 Å². The number of halogens is 1. The van der Waals surface area contributed by atoms with E-state index in [1.54, 1.807) is 0 Å². The Kier molecular flexibility index (Phi) is 4.73. The van der Waals surface area contributed by atoms with Gasteiger partial charge in [0.05, 0.1) is 10.8 Å². The molecule has 1 amide bonds. The summed E-state index contributed by atoms with van der Waals surface area (Å²) in [4.78, 5) is 15.5. The number of rotatable bonds is 5. The van der Waals surface area contributed by atoms with Gasteiger partial charge in [-0.2, -0.15) is 0 Å². The van der Waals surface area contributed by atoms with Gasteiger partial charge >= 0.3 is 0 Å². The SMILES string of the molecule is O=C(CSc1ccccc1Cl)NCc1cc[nH]c1. The van der Waals surface area contributed by atoms with Crippen molar-refractivity contribution in [3.05, 3.63) is 53.3 Å². The monoisotopic (exact) mass is 280 g/mol. The number of benzene rings is 1. The fourth-order valence-electron chi connectivity index (χ4n) is 1.43. The van der Waals surface area contributed by atoms with E-state index < -0.39 is 0 Å². The summed E-state index contributed by atoms with van der Waals surface area (Å²) in [5.41, 5.74) is 1.06. The number of carbonyl (C=O) groups excluding carboxylic acids is 1. The highest BCUT2D eigenvalue weighted by atomic mass is 35.5. The van der Waals surface area contributed by atoms with E-state index in [-0.39, 0.29) is 5.91 Å². The summed E-state index contributed by atoms with van der Waals surface area (Å²) >= 11 is 7.45. The number of H-pyrrole nitrogens is 1. The molecule has 0 unspecified atom stereocenters. The van der Waals surface area contributed by atoms with Crippen LogP contribution >= 0.6 is 23.4 Å². The highest BCUT2D eigenvalue weighted by Crippen LogP contribution is 2.26. The van der Waals surface area contributed by atoms with E-state index in [1.807, 2.05) is 42.7 Å². The van der Waals surface area contributed by atoms with E-state index >= 15 is 0 Å². The van der Waals surface area contributed by atoms with Crippen LogP contribution in [0.1, 0.15) is 5.56 Å². The largest absolute Gasteiger partial charge is 0.367 e. The van der Waals surface area contributed by atoms with Crippen LogP contribution in [0.25, 0.3) is 0 Å². The molecule has 94 valence electrons. The van der Waals surface area contributed by atoms with Gasteiger partial charge in [-0.3, -0.25) is 4.79 Å². The highest BCUT2D eigenvalue weighted by molar-refractivity contribution is 8.00. The molecule has 2 rings (SSSR count). The van der Waals surface area contributed by atoms with Gasteiger partial charge < -0.3 is 10.3 Å². The van der Waals surface area contributed by atoms with E-state index in [9.17, 15) is 4.79 Å². The topological polar surface area (TPSA) is 44.9 Å². The number of thioether (sulfide) groups is 1. The molecule has 1 heterocycles. The summed E-state index contributed by atoms with van der Waals surface area (Å²) in [5, 5.41) is 3.53. The smallest absolute Gasteiger partial charge is 0.230 e. The summed E-state index contributed by atoms with van der Waals surface area (Å²) in [7, 11) is 0. The third-order valence-electron chi connectivity index (χ3n) is 2.35. The van der Waals surface area contributed by atoms with Gasteiger partial charge in [0.25, 0.3) is 0 Å². The van der Waals surface area contributed by atoms with Crippen molar-refractivity contribution in [1.29, 1.82) is 0 Å². The van der Waals surface area contributed by atoms with Crippen LogP contribution in [0.4, 0.5) is 0 Å². The van der Waals surface area contributed by atoms with Crippen LogP contribution < -0.4 is 5.32 Å². The molecule has 0 aliphatic rings. The average Bonchev–Trinajstić information content (AvgIpc) is 2.88. The van der Waals surface area contributed by atoms with Crippen molar-refractivity contribution in [3.63, 3.8) is 0 Å². The normalized spacial score (nSPS) is 10.3. The summed E-state index contributed by atoms with van der Waals surface area (Å²) in [6.45, 7) is 0.547. The van der Waals surface area contributed by atoms with Crippen LogP contribution in [-0.4, -0.2) is 16.6 Å². The standard InChI is InChI=1S/C13H13ClN2OS/c14-11-3-1-2-4-12(11)18-9-13(17)16-8-10-5-6-15-7-10/h1-7,15H,8-9H2,(H,16,17). The number of carbonyl (C=O) groups is 1. The molecule has 0 aliphatic heterocycles. The molecule has 0 bridgehead atoms. The summed E-state index contributed by atoms with van der Waals surface area (Å²) in [5.74, 6) is 0.370. The second-order valence-electron chi connectivity index (χ2n) is 3.72. The maximum Gasteiger partial charge on any atom is 0.230 e. The highest BCUT2D eigenvalue weighted by Gasteiger charge is 2.05. The average molecular weight is 281 g/mol. The van der Waals surface area contributed by atoms with Crippen molar-refractivity contribution in [2.24, 2.45) is 0 Å². The second kappa shape index (κ2) is 6.52. The molecule has 3 nitrogen and oxygen atoms in total. The van der Waals surface area contributed by atoms with Gasteiger partial charge in [-0.25, -0.2) is 0 Å². The Bertz CT molecular complexity index is 513. The molecule has 5 heteroatoms. The first-order valence-electron chi connectivity index (χ1n) is 5.51. The number of hydrogen-bond donors (Lipinski definition) is 2. The zero-order valence-corrected chi connectivity index (χ0v) is 11.2. The van der Waals surface area contributed by atoms with Gasteiger partial charge in [0, 0.05) is 23.8 Å². The van der Waals surface area contributed by atoms with Gasteiger partial charge in [-0.05, 0) is 23.8 Å². The molecule has 2 N–H and O–H groups in total. The first kappa shape index (κ1) is 13.1. The Balaban J connectivity index is 1.77. The molecular weight excluding hydrogens is 268 g/mol. The lowest BCUT2D eigenvalue weighted by molar-refractivity contribution is -0.118. The fourth-order valence-corrected chi connectivity index (χ4v) is 2.49. The quantitative estimate of drug-likeness (QED) is 0.827. The Morgan fingerprint density at radius 3 is 2.89 bits per heavy atom. The molecule has 0 spiro atoms. The Labute approximate surface area is 115 Å². The van der Waals surface area contributed by atoms with Gasteiger partial charge in [-0.1, -0.05) is 23.7 Å². The van der Waals surface area contributed by atoms with Crippen LogP contribution in [0.5, 0.6) is 0 Å². The van der Waals surface area contributed by atoms with Crippen LogP contribution in [0.2, 0.25) is 5.02 Å². The number of amides is 1. The lowest BCUT2D eigenvalue weighted by Gasteiger charge is -2.05. The Morgan fingerprint density at radius 2 is 2.17 bits per heavy atom. The first-order chi connectivity index (χ1) is 8.75. The third-order valence-corrected chi connectivity index (χ3v) is 3.86. The molecule has 0 aliphatic carbocycles. The minimum Gasteiger partial charge on any atom is -0.367 e. The maximum atomic E-state index is 11.6. The van der Waals surface area contributed by atoms with Crippen molar-refractivity contribution in [3.8, 4) is 0 Å².